The van der Waals surface area contributed by atoms with Gasteiger partial charge in [-0.05, 0) is 49.2 Å². The second kappa shape index (κ2) is 12.8. The van der Waals surface area contributed by atoms with Crippen LogP contribution in [-0.4, -0.2) is 94.2 Å². The third kappa shape index (κ3) is 5.82. The van der Waals surface area contributed by atoms with Gasteiger partial charge in [-0.15, -0.1) is 0 Å². The molecule has 1 saturated heterocycles. The number of esters is 1. The second-order valence-electron chi connectivity index (χ2n) is 10.9. The van der Waals surface area contributed by atoms with Crippen LogP contribution in [0.4, 0.5) is 0 Å². The van der Waals surface area contributed by atoms with Crippen molar-refractivity contribution in [1.29, 1.82) is 0 Å². The van der Waals surface area contributed by atoms with E-state index in [1.165, 1.54) is 51.5 Å². The van der Waals surface area contributed by atoms with Crippen molar-refractivity contribution >= 4 is 11.8 Å². The molecule has 1 fully saturated rings. The van der Waals surface area contributed by atoms with E-state index in [4.69, 9.17) is 23.7 Å². The van der Waals surface area contributed by atoms with Crippen LogP contribution in [0.25, 0.3) is 0 Å². The number of fused-ring (bicyclic) bond motifs is 1. The van der Waals surface area contributed by atoms with Gasteiger partial charge in [-0.25, -0.2) is 4.79 Å². The van der Waals surface area contributed by atoms with Crippen molar-refractivity contribution in [2.45, 2.75) is 43.9 Å². The molecule has 0 saturated carbocycles. The van der Waals surface area contributed by atoms with Crippen LogP contribution in [0.2, 0.25) is 0 Å². The normalized spacial score (nSPS) is 24.4. The van der Waals surface area contributed by atoms with Crippen molar-refractivity contribution in [3.8, 4) is 34.5 Å². The number of Topliss-reactive ketones (excluding diaryl/α,β-unsaturated/α-hetero) is 1. The lowest BCUT2D eigenvalue weighted by molar-refractivity contribution is -0.232. The van der Waals surface area contributed by atoms with Crippen LogP contribution >= 0.6 is 0 Å². The fourth-order valence-electron chi connectivity index (χ4n) is 5.64. The van der Waals surface area contributed by atoms with Crippen molar-refractivity contribution in [2.75, 3.05) is 27.4 Å². The molecule has 6 N–H and O–H groups in total. The summed E-state index contributed by atoms with van der Waals surface area (Å²) in [5.74, 6) is -2.92. The van der Waals surface area contributed by atoms with Gasteiger partial charge in [0.25, 0.3) is 0 Å². The Labute approximate surface area is 257 Å². The van der Waals surface area contributed by atoms with E-state index < -0.39 is 66.3 Å². The first kappa shape index (κ1) is 31.9. The quantitative estimate of drug-likeness (QED) is 0.198. The van der Waals surface area contributed by atoms with Crippen molar-refractivity contribution < 1.29 is 63.9 Å². The molecule has 0 aliphatic carbocycles. The standard InChI is InChI=1S/C32H34O13/c1-14-24(35)22-26(37)17(10-15-4-7-18(34)8-5-15)13-43-29(22)23(25(14)36)30-31(28(39)27(38)21(12-33)44-30)45-32(40)16-6-9-19(41-2)20(11-16)42-3/h4-9,11,17,21,27-28,30-31,33-36,38-39H,10,12-13H2,1-3H3. The van der Waals surface area contributed by atoms with Crippen LogP contribution in [0, 0.1) is 12.8 Å². The molecule has 45 heavy (non-hydrogen) atoms. The third-order valence-electron chi connectivity index (χ3n) is 8.15. The van der Waals surface area contributed by atoms with Gasteiger partial charge in [0.05, 0.1) is 44.5 Å². The van der Waals surface area contributed by atoms with E-state index in [0.717, 1.165) is 5.56 Å². The monoisotopic (exact) mass is 626 g/mol. The summed E-state index contributed by atoms with van der Waals surface area (Å²) in [6.07, 6.45) is -7.95. The highest BCUT2D eigenvalue weighted by molar-refractivity contribution is 6.05. The molecule has 2 heterocycles. The van der Waals surface area contributed by atoms with Gasteiger partial charge in [-0.2, -0.15) is 0 Å². The summed E-state index contributed by atoms with van der Waals surface area (Å²) in [5, 5.41) is 63.6. The Kier molecular flexibility index (Phi) is 9.07. The topological polar surface area (TPSA) is 202 Å². The zero-order valence-electron chi connectivity index (χ0n) is 24.7. The number of methoxy groups -OCH3 is 2. The fraction of sp³-hybridized carbons (Fsp3) is 0.375. The van der Waals surface area contributed by atoms with Gasteiger partial charge in [0, 0.05) is 5.56 Å². The molecule has 0 amide bonds. The SMILES string of the molecule is COc1ccc(C(=O)OC2C(c3c(O)c(C)c(O)c4c3OCC(Cc3ccc(O)cc3)C4=O)OC(CO)C(O)C2O)cc1OC. The van der Waals surface area contributed by atoms with Crippen LogP contribution in [0.1, 0.15) is 43.5 Å². The van der Waals surface area contributed by atoms with Gasteiger partial charge in [-0.3, -0.25) is 4.79 Å². The predicted octanol–water partition coefficient (Wildman–Crippen LogP) is 1.94. The van der Waals surface area contributed by atoms with E-state index in [9.17, 15) is 40.2 Å². The number of hydrogen-bond acceptors (Lipinski definition) is 13. The molecule has 240 valence electrons. The van der Waals surface area contributed by atoms with Crippen LogP contribution in [0.5, 0.6) is 34.5 Å². The summed E-state index contributed by atoms with van der Waals surface area (Å²) in [7, 11) is 2.80. The minimum absolute atomic E-state index is 0.00555. The summed E-state index contributed by atoms with van der Waals surface area (Å²) in [4.78, 5) is 27.1. The Hall–Kier alpha value is -4.56. The first-order valence-electron chi connectivity index (χ1n) is 14.1. The number of ketones is 1. The number of benzene rings is 3. The van der Waals surface area contributed by atoms with Crippen molar-refractivity contribution in [3.63, 3.8) is 0 Å². The third-order valence-corrected chi connectivity index (χ3v) is 8.15. The number of ether oxygens (including phenoxy) is 5. The Morgan fingerprint density at radius 2 is 1.64 bits per heavy atom. The number of carbonyl (C=O) groups is 2. The van der Waals surface area contributed by atoms with Crippen LogP contribution in [0.15, 0.2) is 42.5 Å². The predicted molar refractivity (Wildman–Crippen MR) is 155 cm³/mol. The second-order valence-corrected chi connectivity index (χ2v) is 10.9. The maximum absolute atomic E-state index is 13.8. The first-order valence-corrected chi connectivity index (χ1v) is 14.1. The van der Waals surface area contributed by atoms with E-state index in [-0.39, 0.29) is 52.5 Å². The van der Waals surface area contributed by atoms with Crippen LogP contribution in [0.3, 0.4) is 0 Å². The van der Waals surface area contributed by atoms with Crippen molar-refractivity contribution in [2.24, 2.45) is 5.92 Å². The Morgan fingerprint density at radius 3 is 2.29 bits per heavy atom. The van der Waals surface area contributed by atoms with E-state index >= 15 is 0 Å². The highest BCUT2D eigenvalue weighted by Gasteiger charge is 2.50. The number of rotatable bonds is 8. The number of aliphatic hydroxyl groups excluding tert-OH is 3. The van der Waals surface area contributed by atoms with Gasteiger partial charge < -0.3 is 54.3 Å². The van der Waals surface area contributed by atoms with Crippen molar-refractivity contribution in [3.05, 3.63) is 70.3 Å². The average molecular weight is 627 g/mol. The molecule has 13 heteroatoms. The Morgan fingerprint density at radius 1 is 0.956 bits per heavy atom. The summed E-state index contributed by atoms with van der Waals surface area (Å²) < 4.78 is 28.0. The summed E-state index contributed by atoms with van der Waals surface area (Å²) in [5.41, 5.74) is 0.153. The molecule has 3 aromatic rings. The molecule has 6 atom stereocenters. The highest BCUT2D eigenvalue weighted by atomic mass is 16.6. The number of phenolic OH excluding ortho intramolecular Hbond substituents is 3. The lowest BCUT2D eigenvalue weighted by atomic mass is 9.83. The number of aliphatic hydroxyl groups is 3. The molecule has 0 spiro atoms. The molecule has 5 rings (SSSR count). The largest absolute Gasteiger partial charge is 0.508 e. The van der Waals surface area contributed by atoms with E-state index in [2.05, 4.69) is 0 Å². The molecule has 0 aromatic heterocycles. The van der Waals surface area contributed by atoms with Crippen molar-refractivity contribution in [1.82, 2.24) is 0 Å². The van der Waals surface area contributed by atoms with Gasteiger partial charge >= 0.3 is 5.97 Å². The Bertz CT molecular complexity index is 1590. The lowest BCUT2D eigenvalue weighted by Gasteiger charge is -2.43. The number of hydrogen-bond donors (Lipinski definition) is 6. The van der Waals surface area contributed by atoms with E-state index in [0.29, 0.717) is 5.75 Å². The van der Waals surface area contributed by atoms with Gasteiger partial charge in [0.15, 0.2) is 23.4 Å². The van der Waals surface area contributed by atoms with Crippen LogP contribution < -0.4 is 14.2 Å². The number of phenols is 3. The lowest BCUT2D eigenvalue weighted by Crippen LogP contribution is -2.56. The molecule has 2 aliphatic heterocycles. The highest BCUT2D eigenvalue weighted by Crippen LogP contribution is 2.51. The molecule has 13 nitrogen and oxygen atoms in total. The zero-order chi connectivity index (χ0) is 32.6. The van der Waals surface area contributed by atoms with Gasteiger partial charge in [0.1, 0.15) is 53.0 Å². The number of aromatic hydroxyl groups is 3. The molecule has 0 radical (unpaired) electrons. The summed E-state index contributed by atoms with van der Waals surface area (Å²) in [6, 6.07) is 10.5. The molecular formula is C32H34O13. The first-order chi connectivity index (χ1) is 21.5. The van der Waals surface area contributed by atoms with Crippen LogP contribution in [-0.2, 0) is 15.9 Å². The number of carbonyl (C=O) groups excluding carboxylic acids is 2. The minimum atomic E-state index is -1.82. The summed E-state index contributed by atoms with van der Waals surface area (Å²) >= 11 is 0. The average Bonchev–Trinajstić information content (AvgIpc) is 3.04. The Balaban J connectivity index is 1.55. The van der Waals surface area contributed by atoms with E-state index in [1.54, 1.807) is 12.1 Å². The zero-order valence-corrected chi connectivity index (χ0v) is 24.7. The van der Waals surface area contributed by atoms with E-state index in [1.807, 2.05) is 0 Å². The maximum atomic E-state index is 13.8. The fourth-order valence-corrected chi connectivity index (χ4v) is 5.64. The molecule has 3 aromatic carbocycles. The van der Waals surface area contributed by atoms with Gasteiger partial charge in [0.2, 0.25) is 0 Å². The maximum Gasteiger partial charge on any atom is 0.338 e. The minimum Gasteiger partial charge on any atom is -0.508 e. The smallest absolute Gasteiger partial charge is 0.338 e. The summed E-state index contributed by atoms with van der Waals surface area (Å²) in [6.45, 7) is 0.437. The molecule has 6 unspecified atom stereocenters. The molecule has 0 bridgehead atoms. The molecule has 2 aliphatic rings. The molecular weight excluding hydrogens is 592 g/mol. The van der Waals surface area contributed by atoms with Gasteiger partial charge in [-0.1, -0.05) is 12.1 Å².